The smallest absolute Gasteiger partial charge is 0.335 e. The van der Waals surface area contributed by atoms with E-state index in [4.69, 9.17) is 9.47 Å². The lowest BCUT2D eigenvalue weighted by Gasteiger charge is -2.20. The predicted octanol–water partition coefficient (Wildman–Crippen LogP) is 4.29. The van der Waals surface area contributed by atoms with Gasteiger partial charge in [-0.15, -0.1) is 0 Å². The summed E-state index contributed by atoms with van der Waals surface area (Å²) in [5.74, 6) is -0.332. The zero-order valence-corrected chi connectivity index (χ0v) is 14.9. The second kappa shape index (κ2) is 8.11. The van der Waals surface area contributed by atoms with E-state index in [1.54, 1.807) is 0 Å². The van der Waals surface area contributed by atoms with Crippen molar-refractivity contribution in [2.24, 2.45) is 0 Å². The van der Waals surface area contributed by atoms with Gasteiger partial charge in [-0.2, -0.15) is 0 Å². The van der Waals surface area contributed by atoms with Crippen molar-refractivity contribution in [3.63, 3.8) is 0 Å². The number of rotatable bonds is 6. The minimum Gasteiger partial charge on any atom is -0.459 e. The molecule has 0 radical (unpaired) electrons. The van der Waals surface area contributed by atoms with E-state index in [1.165, 1.54) is 12.7 Å². The van der Waals surface area contributed by atoms with Crippen LogP contribution in [0.1, 0.15) is 37.5 Å². The van der Waals surface area contributed by atoms with Gasteiger partial charge >= 0.3 is 5.97 Å². The third kappa shape index (κ3) is 5.20. The van der Waals surface area contributed by atoms with Crippen LogP contribution in [0, 0.1) is 0 Å². The summed E-state index contributed by atoms with van der Waals surface area (Å²) in [4.78, 5) is 12.2. The molecule has 24 heavy (non-hydrogen) atoms. The Labute approximate surface area is 144 Å². The molecule has 128 valence electrons. The molecule has 2 aromatic rings. The molecule has 0 aliphatic carbocycles. The SMILES string of the molecule is COC(Cc1ccc(C(C)(C)C)cc1)C(=O)OCc1ccccc1. The minimum absolute atomic E-state index is 0.119. The van der Waals surface area contributed by atoms with Crippen molar-refractivity contribution in [3.05, 3.63) is 71.3 Å². The normalized spacial score (nSPS) is 12.7. The summed E-state index contributed by atoms with van der Waals surface area (Å²) >= 11 is 0. The Kier molecular flexibility index (Phi) is 6.16. The van der Waals surface area contributed by atoms with E-state index < -0.39 is 6.10 Å². The average molecular weight is 326 g/mol. The van der Waals surface area contributed by atoms with E-state index in [2.05, 4.69) is 45.0 Å². The fraction of sp³-hybridized carbons (Fsp3) is 0.381. The molecule has 0 aromatic heterocycles. The van der Waals surface area contributed by atoms with Crippen molar-refractivity contribution in [2.45, 2.75) is 45.3 Å². The minimum atomic E-state index is -0.589. The molecule has 0 aliphatic rings. The van der Waals surface area contributed by atoms with Gasteiger partial charge < -0.3 is 9.47 Å². The summed E-state index contributed by atoms with van der Waals surface area (Å²) < 4.78 is 10.7. The topological polar surface area (TPSA) is 35.5 Å². The van der Waals surface area contributed by atoms with Crippen LogP contribution in [0.3, 0.4) is 0 Å². The zero-order chi connectivity index (χ0) is 17.6. The monoisotopic (exact) mass is 326 g/mol. The number of hydrogen-bond donors (Lipinski definition) is 0. The third-order valence-corrected chi connectivity index (χ3v) is 4.01. The number of carbonyl (C=O) groups is 1. The zero-order valence-electron chi connectivity index (χ0n) is 14.9. The molecule has 2 aromatic carbocycles. The predicted molar refractivity (Wildman–Crippen MR) is 95.9 cm³/mol. The summed E-state index contributed by atoms with van der Waals surface area (Å²) in [6.07, 6.45) is -0.0802. The largest absolute Gasteiger partial charge is 0.459 e. The summed E-state index contributed by atoms with van der Waals surface area (Å²) in [6, 6.07) is 18.0. The molecule has 3 nitrogen and oxygen atoms in total. The van der Waals surface area contributed by atoms with Crippen LogP contribution in [-0.2, 0) is 32.7 Å². The highest BCUT2D eigenvalue weighted by Gasteiger charge is 2.20. The Morgan fingerprint density at radius 1 is 0.958 bits per heavy atom. The van der Waals surface area contributed by atoms with Crippen molar-refractivity contribution in [2.75, 3.05) is 7.11 Å². The van der Waals surface area contributed by atoms with Gasteiger partial charge in [0.05, 0.1) is 0 Å². The van der Waals surface area contributed by atoms with Crippen LogP contribution in [0.4, 0.5) is 0 Å². The van der Waals surface area contributed by atoms with Crippen LogP contribution >= 0.6 is 0 Å². The third-order valence-electron chi connectivity index (χ3n) is 4.01. The van der Waals surface area contributed by atoms with Crippen molar-refractivity contribution in [1.82, 2.24) is 0 Å². The molecular formula is C21H26O3. The highest BCUT2D eigenvalue weighted by atomic mass is 16.6. The molecule has 1 unspecified atom stereocenters. The maximum Gasteiger partial charge on any atom is 0.335 e. The summed E-state index contributed by atoms with van der Waals surface area (Å²) in [7, 11) is 1.54. The average Bonchev–Trinajstić information content (AvgIpc) is 2.58. The molecule has 1 atom stereocenters. The van der Waals surface area contributed by atoms with Gasteiger partial charge in [0.2, 0.25) is 0 Å². The second-order valence-electron chi connectivity index (χ2n) is 6.97. The number of methoxy groups -OCH3 is 1. The van der Waals surface area contributed by atoms with Crippen molar-refractivity contribution < 1.29 is 14.3 Å². The molecule has 0 aliphatic heterocycles. The molecule has 0 spiro atoms. The van der Waals surface area contributed by atoms with Gasteiger partial charge in [0.25, 0.3) is 0 Å². The highest BCUT2D eigenvalue weighted by Crippen LogP contribution is 2.22. The van der Waals surface area contributed by atoms with Crippen LogP contribution < -0.4 is 0 Å². The molecule has 3 heteroatoms. The van der Waals surface area contributed by atoms with Crippen LogP contribution in [0.15, 0.2) is 54.6 Å². The number of esters is 1. The quantitative estimate of drug-likeness (QED) is 0.743. The molecular weight excluding hydrogens is 300 g/mol. The van der Waals surface area contributed by atoms with E-state index in [-0.39, 0.29) is 18.0 Å². The van der Waals surface area contributed by atoms with Gasteiger partial charge in [-0.05, 0) is 22.1 Å². The van der Waals surface area contributed by atoms with Gasteiger partial charge in [0.15, 0.2) is 6.10 Å². The molecule has 0 bridgehead atoms. The first kappa shape index (κ1) is 18.2. The Hall–Kier alpha value is -2.13. The molecule has 0 N–H and O–H groups in total. The van der Waals surface area contributed by atoms with Crippen LogP contribution in [0.2, 0.25) is 0 Å². The van der Waals surface area contributed by atoms with Crippen LogP contribution in [0.5, 0.6) is 0 Å². The Morgan fingerprint density at radius 2 is 1.58 bits per heavy atom. The molecule has 0 heterocycles. The van der Waals surface area contributed by atoms with E-state index in [0.29, 0.717) is 6.42 Å². The van der Waals surface area contributed by atoms with E-state index in [9.17, 15) is 4.79 Å². The van der Waals surface area contributed by atoms with Crippen molar-refractivity contribution in [3.8, 4) is 0 Å². The molecule has 0 fully saturated rings. The second-order valence-corrected chi connectivity index (χ2v) is 6.97. The standard InChI is InChI=1S/C21H26O3/c1-21(2,3)18-12-10-16(11-13-18)14-19(23-4)20(22)24-15-17-8-6-5-7-9-17/h5-13,19H,14-15H2,1-4H3. The summed E-state index contributed by atoms with van der Waals surface area (Å²) in [5, 5.41) is 0. The molecule has 0 saturated carbocycles. The van der Waals surface area contributed by atoms with Crippen LogP contribution in [0.25, 0.3) is 0 Å². The van der Waals surface area contributed by atoms with Crippen molar-refractivity contribution in [1.29, 1.82) is 0 Å². The molecule has 2 rings (SSSR count). The van der Waals surface area contributed by atoms with Gasteiger partial charge in [-0.3, -0.25) is 0 Å². The Balaban J connectivity index is 1.94. The lowest BCUT2D eigenvalue weighted by molar-refractivity contribution is -0.156. The number of ether oxygens (including phenoxy) is 2. The lowest BCUT2D eigenvalue weighted by Crippen LogP contribution is -2.27. The maximum atomic E-state index is 12.2. The van der Waals surface area contributed by atoms with Gasteiger partial charge in [-0.1, -0.05) is 75.4 Å². The van der Waals surface area contributed by atoms with Gasteiger partial charge in [0, 0.05) is 13.5 Å². The first-order valence-electron chi connectivity index (χ1n) is 8.23. The summed E-state index contributed by atoms with van der Waals surface area (Å²) in [6.45, 7) is 6.81. The van der Waals surface area contributed by atoms with Gasteiger partial charge in [-0.25, -0.2) is 4.79 Å². The van der Waals surface area contributed by atoms with Gasteiger partial charge in [0.1, 0.15) is 6.61 Å². The first-order valence-corrected chi connectivity index (χ1v) is 8.23. The Bertz CT molecular complexity index is 639. The van der Waals surface area contributed by atoms with Crippen LogP contribution in [-0.4, -0.2) is 19.2 Å². The van der Waals surface area contributed by atoms with E-state index >= 15 is 0 Å². The summed E-state index contributed by atoms with van der Waals surface area (Å²) in [5.41, 5.74) is 3.42. The number of hydrogen-bond acceptors (Lipinski definition) is 3. The maximum absolute atomic E-state index is 12.2. The first-order chi connectivity index (χ1) is 11.4. The van der Waals surface area contributed by atoms with E-state index in [0.717, 1.165) is 11.1 Å². The lowest BCUT2D eigenvalue weighted by atomic mass is 9.86. The molecule has 0 saturated heterocycles. The number of benzene rings is 2. The molecule has 0 amide bonds. The fourth-order valence-electron chi connectivity index (χ4n) is 2.44. The van der Waals surface area contributed by atoms with E-state index in [1.807, 2.05) is 30.3 Å². The number of carbonyl (C=O) groups excluding carboxylic acids is 1. The Morgan fingerprint density at radius 3 is 2.12 bits per heavy atom. The highest BCUT2D eigenvalue weighted by molar-refractivity contribution is 5.75. The van der Waals surface area contributed by atoms with Crippen molar-refractivity contribution >= 4 is 5.97 Å². The fourth-order valence-corrected chi connectivity index (χ4v) is 2.44.